The number of benzene rings is 1. The summed E-state index contributed by atoms with van der Waals surface area (Å²) in [5, 5.41) is 6.98. The number of aromatic nitrogens is 2. The van der Waals surface area contributed by atoms with Crippen molar-refractivity contribution in [3.05, 3.63) is 65.7 Å². The lowest BCUT2D eigenvalue weighted by molar-refractivity contribution is -0.111. The first-order valence-electron chi connectivity index (χ1n) is 11.0. The smallest absolute Gasteiger partial charge is 0.247 e. The van der Waals surface area contributed by atoms with Gasteiger partial charge < -0.3 is 15.4 Å². The van der Waals surface area contributed by atoms with Crippen LogP contribution in [0.15, 0.2) is 55.3 Å². The zero-order chi connectivity index (χ0) is 23.4. The normalized spacial score (nSPS) is 18.6. The lowest BCUT2D eigenvalue weighted by atomic mass is 10.1. The molecule has 3 heterocycles. The molecule has 0 spiro atoms. The van der Waals surface area contributed by atoms with Gasteiger partial charge in [0.15, 0.2) is 5.13 Å². The second-order valence-corrected chi connectivity index (χ2v) is 9.61. The van der Waals surface area contributed by atoms with Crippen molar-refractivity contribution in [2.45, 2.75) is 39.5 Å². The third-order valence-corrected chi connectivity index (χ3v) is 6.08. The Morgan fingerprint density at radius 2 is 2.06 bits per heavy atom. The molecule has 4 rings (SSSR count). The van der Waals surface area contributed by atoms with Gasteiger partial charge in [0.2, 0.25) is 5.91 Å². The first kappa shape index (κ1) is 23.1. The van der Waals surface area contributed by atoms with E-state index in [0.29, 0.717) is 5.69 Å². The Morgan fingerprint density at radius 1 is 1.27 bits per heavy atom. The number of ether oxygens (including phenoxy) is 1. The van der Waals surface area contributed by atoms with Crippen LogP contribution in [0.1, 0.15) is 24.3 Å². The van der Waals surface area contributed by atoms with E-state index in [9.17, 15) is 4.79 Å². The summed E-state index contributed by atoms with van der Waals surface area (Å²) in [4.78, 5) is 24.6. The SMILES string of the molecule is C=CC(=O)Nc1cccc(-c2cc(CN3C[C@@H](C)O[C@@H](C)C3)cc(Nc3ncc(C)s3)n2)c1. The van der Waals surface area contributed by atoms with Crippen LogP contribution >= 0.6 is 11.3 Å². The number of hydrogen-bond donors (Lipinski definition) is 2. The Morgan fingerprint density at radius 3 is 2.76 bits per heavy atom. The van der Waals surface area contributed by atoms with Crippen LogP contribution in [-0.4, -0.2) is 46.1 Å². The highest BCUT2D eigenvalue weighted by molar-refractivity contribution is 7.15. The molecule has 172 valence electrons. The molecule has 0 unspecified atom stereocenters. The third-order valence-electron chi connectivity index (χ3n) is 5.25. The number of rotatable bonds is 7. The molecular weight excluding hydrogens is 434 g/mol. The number of nitrogens with one attached hydrogen (secondary N) is 2. The summed E-state index contributed by atoms with van der Waals surface area (Å²) >= 11 is 1.59. The molecule has 1 aromatic carbocycles. The van der Waals surface area contributed by atoms with E-state index >= 15 is 0 Å². The maximum absolute atomic E-state index is 11.7. The standard InChI is InChI=1S/C25H29N5O2S/c1-5-24(31)27-21-8-6-7-20(11-21)22-9-19(15-30-13-16(2)32-17(3)14-30)10-23(28-22)29-25-26-12-18(4)33-25/h5-12,16-17H,1,13-15H2,2-4H3,(H,27,31)(H,26,28,29)/t16-,17+. The van der Waals surface area contributed by atoms with Crippen LogP contribution in [0.5, 0.6) is 0 Å². The van der Waals surface area contributed by atoms with Gasteiger partial charge in [0, 0.05) is 42.0 Å². The molecule has 1 aliphatic rings. The fraction of sp³-hybridized carbons (Fsp3) is 0.320. The number of thiazole rings is 1. The molecule has 1 saturated heterocycles. The predicted octanol–water partition coefficient (Wildman–Crippen LogP) is 4.99. The van der Waals surface area contributed by atoms with Crippen molar-refractivity contribution in [3.63, 3.8) is 0 Å². The lowest BCUT2D eigenvalue weighted by Crippen LogP contribution is -2.44. The minimum absolute atomic E-state index is 0.205. The summed E-state index contributed by atoms with van der Waals surface area (Å²) in [6.45, 7) is 12.3. The highest BCUT2D eigenvalue weighted by Gasteiger charge is 2.22. The molecule has 8 heteroatoms. The minimum Gasteiger partial charge on any atom is -0.373 e. The first-order chi connectivity index (χ1) is 15.9. The zero-order valence-electron chi connectivity index (χ0n) is 19.2. The molecule has 7 nitrogen and oxygen atoms in total. The lowest BCUT2D eigenvalue weighted by Gasteiger charge is -2.35. The van der Waals surface area contributed by atoms with E-state index in [4.69, 9.17) is 9.72 Å². The Hall–Kier alpha value is -3.07. The summed E-state index contributed by atoms with van der Waals surface area (Å²) in [6.07, 6.45) is 3.51. The molecule has 3 aromatic rings. The van der Waals surface area contributed by atoms with Gasteiger partial charge in [-0.3, -0.25) is 9.69 Å². The Kier molecular flexibility index (Phi) is 7.17. The van der Waals surface area contributed by atoms with Gasteiger partial charge in [-0.25, -0.2) is 9.97 Å². The highest BCUT2D eigenvalue weighted by atomic mass is 32.1. The topological polar surface area (TPSA) is 79.4 Å². The molecule has 2 atom stereocenters. The maximum atomic E-state index is 11.7. The molecule has 33 heavy (non-hydrogen) atoms. The molecule has 2 aromatic heterocycles. The summed E-state index contributed by atoms with van der Waals surface area (Å²) in [5.41, 5.74) is 3.59. The monoisotopic (exact) mass is 463 g/mol. The van der Waals surface area contributed by atoms with Gasteiger partial charge in [0.1, 0.15) is 5.82 Å². The third kappa shape index (κ3) is 6.25. The minimum atomic E-state index is -0.245. The van der Waals surface area contributed by atoms with Crippen molar-refractivity contribution in [3.8, 4) is 11.3 Å². The zero-order valence-corrected chi connectivity index (χ0v) is 20.0. The number of anilines is 3. The number of carbonyl (C=O) groups is 1. The van der Waals surface area contributed by atoms with Crippen molar-refractivity contribution in [1.82, 2.24) is 14.9 Å². The van der Waals surface area contributed by atoms with Crippen LogP contribution in [0, 0.1) is 6.92 Å². The number of amides is 1. The summed E-state index contributed by atoms with van der Waals surface area (Å²) in [5.74, 6) is 0.498. The van der Waals surface area contributed by atoms with Gasteiger partial charge >= 0.3 is 0 Å². The van der Waals surface area contributed by atoms with Crippen molar-refractivity contribution < 1.29 is 9.53 Å². The Balaban J connectivity index is 1.66. The molecule has 1 fully saturated rings. The number of carbonyl (C=O) groups excluding carboxylic acids is 1. The van der Waals surface area contributed by atoms with Gasteiger partial charge in [-0.1, -0.05) is 18.7 Å². The van der Waals surface area contributed by atoms with Gasteiger partial charge in [-0.05, 0) is 56.7 Å². The van der Waals surface area contributed by atoms with Crippen LogP contribution in [0.3, 0.4) is 0 Å². The molecule has 0 bridgehead atoms. The molecule has 2 N–H and O–H groups in total. The van der Waals surface area contributed by atoms with E-state index in [1.807, 2.05) is 37.4 Å². The summed E-state index contributed by atoms with van der Waals surface area (Å²) in [6, 6.07) is 11.9. The van der Waals surface area contributed by atoms with Gasteiger partial charge in [-0.15, -0.1) is 11.3 Å². The van der Waals surface area contributed by atoms with Gasteiger partial charge in [0.05, 0.1) is 17.9 Å². The van der Waals surface area contributed by atoms with E-state index in [2.05, 4.69) is 53.1 Å². The quantitative estimate of drug-likeness (QED) is 0.481. The molecular formula is C25H29N5O2S. The molecule has 1 aliphatic heterocycles. The van der Waals surface area contributed by atoms with Gasteiger partial charge in [-0.2, -0.15) is 0 Å². The number of hydrogen-bond acceptors (Lipinski definition) is 7. The molecule has 0 aliphatic carbocycles. The first-order valence-corrected chi connectivity index (χ1v) is 11.8. The second kappa shape index (κ2) is 10.2. The Labute approximate surface area is 198 Å². The van der Waals surface area contributed by atoms with E-state index in [0.717, 1.165) is 52.3 Å². The van der Waals surface area contributed by atoms with Crippen LogP contribution in [0.4, 0.5) is 16.6 Å². The molecule has 0 saturated carbocycles. The largest absolute Gasteiger partial charge is 0.373 e. The molecule has 1 amide bonds. The van der Waals surface area contributed by atoms with E-state index < -0.39 is 0 Å². The maximum Gasteiger partial charge on any atom is 0.247 e. The number of nitrogens with zero attached hydrogens (tertiary/aromatic N) is 3. The summed E-state index contributed by atoms with van der Waals surface area (Å²) < 4.78 is 5.89. The van der Waals surface area contributed by atoms with E-state index in [-0.39, 0.29) is 18.1 Å². The van der Waals surface area contributed by atoms with Crippen LogP contribution in [0.25, 0.3) is 11.3 Å². The van der Waals surface area contributed by atoms with Gasteiger partial charge in [0.25, 0.3) is 0 Å². The number of morpholine rings is 1. The van der Waals surface area contributed by atoms with E-state index in [1.165, 1.54) is 6.08 Å². The van der Waals surface area contributed by atoms with Crippen molar-refractivity contribution in [2.24, 2.45) is 0 Å². The fourth-order valence-corrected chi connectivity index (χ4v) is 4.71. The van der Waals surface area contributed by atoms with Crippen LogP contribution in [0.2, 0.25) is 0 Å². The highest BCUT2D eigenvalue weighted by Crippen LogP contribution is 2.28. The van der Waals surface area contributed by atoms with Crippen LogP contribution < -0.4 is 10.6 Å². The van der Waals surface area contributed by atoms with Crippen LogP contribution in [-0.2, 0) is 16.1 Å². The second-order valence-electron chi connectivity index (χ2n) is 8.37. The van der Waals surface area contributed by atoms with E-state index in [1.54, 1.807) is 11.3 Å². The molecule has 0 radical (unpaired) electrons. The van der Waals surface area contributed by atoms with Crippen molar-refractivity contribution >= 4 is 33.9 Å². The summed E-state index contributed by atoms with van der Waals surface area (Å²) in [7, 11) is 0. The number of pyridine rings is 1. The number of aryl methyl sites for hydroxylation is 1. The average molecular weight is 464 g/mol. The van der Waals surface area contributed by atoms with Crippen molar-refractivity contribution in [1.29, 1.82) is 0 Å². The fourth-order valence-electron chi connectivity index (χ4n) is 4.03. The predicted molar refractivity (Wildman–Crippen MR) is 134 cm³/mol. The van der Waals surface area contributed by atoms with Crippen molar-refractivity contribution in [2.75, 3.05) is 23.7 Å². The Bertz CT molecular complexity index is 1140. The average Bonchev–Trinajstić information content (AvgIpc) is 3.17.